The lowest BCUT2D eigenvalue weighted by Gasteiger charge is -2.38. The van der Waals surface area contributed by atoms with E-state index in [1.807, 2.05) is 42.3 Å². The lowest BCUT2D eigenvalue weighted by atomic mass is 9.83. The highest BCUT2D eigenvalue weighted by Crippen LogP contribution is 2.35. The van der Waals surface area contributed by atoms with Crippen molar-refractivity contribution in [2.45, 2.75) is 50.5 Å². The lowest BCUT2D eigenvalue weighted by Crippen LogP contribution is -2.48. The van der Waals surface area contributed by atoms with Gasteiger partial charge in [-0.25, -0.2) is 0 Å². The molecule has 2 aliphatic heterocycles. The van der Waals surface area contributed by atoms with Crippen molar-refractivity contribution < 1.29 is 23.7 Å². The molecule has 1 amide bonds. The van der Waals surface area contributed by atoms with Gasteiger partial charge in [0.1, 0.15) is 18.1 Å². The van der Waals surface area contributed by atoms with E-state index < -0.39 is 0 Å². The van der Waals surface area contributed by atoms with E-state index >= 15 is 0 Å². The summed E-state index contributed by atoms with van der Waals surface area (Å²) in [5.41, 5.74) is 4.57. The Morgan fingerprint density at radius 2 is 1.86 bits per heavy atom. The maximum atomic E-state index is 13.2. The summed E-state index contributed by atoms with van der Waals surface area (Å²) in [4.78, 5) is 17.4. The highest BCUT2D eigenvalue weighted by atomic mass is 16.5. The third-order valence-electron chi connectivity index (χ3n) is 8.47. The molecule has 1 N–H and O–H groups in total. The second kappa shape index (κ2) is 15.2. The van der Waals surface area contributed by atoms with Gasteiger partial charge in [-0.3, -0.25) is 4.79 Å². The molecule has 8 nitrogen and oxygen atoms in total. The summed E-state index contributed by atoms with van der Waals surface area (Å²) in [7, 11) is 5.31. The van der Waals surface area contributed by atoms with Crippen molar-refractivity contribution in [2.24, 2.45) is 0 Å². The number of benzene rings is 3. The minimum atomic E-state index is -0.0353. The number of carbonyl (C=O) groups is 1. The van der Waals surface area contributed by atoms with Gasteiger partial charge in [0.15, 0.2) is 0 Å². The molecule has 0 aliphatic carbocycles. The van der Waals surface area contributed by atoms with Crippen molar-refractivity contribution in [1.29, 1.82) is 0 Å². The van der Waals surface area contributed by atoms with Crippen LogP contribution in [0, 0.1) is 0 Å². The summed E-state index contributed by atoms with van der Waals surface area (Å²) in [6, 6.07) is 24.8. The normalized spacial score (nSPS) is 19.8. The van der Waals surface area contributed by atoms with E-state index in [4.69, 9.17) is 18.9 Å². The Morgan fingerprint density at radius 3 is 2.63 bits per heavy atom. The number of nitrogens with zero attached hydrogens (tertiary/aromatic N) is 2. The molecule has 2 heterocycles. The summed E-state index contributed by atoms with van der Waals surface area (Å²) in [6.45, 7) is 5.02. The van der Waals surface area contributed by atoms with Gasteiger partial charge in [-0.05, 0) is 53.8 Å². The average Bonchev–Trinajstić information content (AvgIpc) is 3.04. The van der Waals surface area contributed by atoms with Crippen molar-refractivity contribution in [2.75, 3.05) is 59.0 Å². The molecule has 1 saturated heterocycles. The Hall–Kier alpha value is -3.59. The summed E-state index contributed by atoms with van der Waals surface area (Å²) in [5, 5.41) is 3.63. The molecule has 0 spiro atoms. The topological polar surface area (TPSA) is 72.5 Å². The number of fused-ring (bicyclic) bond motifs is 1. The van der Waals surface area contributed by atoms with E-state index in [1.165, 1.54) is 5.56 Å². The second-order valence-electron chi connectivity index (χ2n) is 11.5. The van der Waals surface area contributed by atoms with Crippen LogP contribution in [0.2, 0.25) is 0 Å². The lowest BCUT2D eigenvalue weighted by molar-refractivity contribution is -0.131. The Bertz CT molecular complexity index is 1300. The number of hydrogen-bond acceptors (Lipinski definition) is 7. The van der Waals surface area contributed by atoms with Crippen LogP contribution in [0.25, 0.3) is 0 Å². The van der Waals surface area contributed by atoms with Gasteiger partial charge in [0.2, 0.25) is 5.91 Å². The molecular weight excluding hydrogens is 542 g/mol. The number of rotatable bonds is 13. The quantitative estimate of drug-likeness (QED) is 0.282. The summed E-state index contributed by atoms with van der Waals surface area (Å²) >= 11 is 0. The second-order valence-corrected chi connectivity index (χ2v) is 11.5. The summed E-state index contributed by atoms with van der Waals surface area (Å²) < 4.78 is 23.2. The first kappa shape index (κ1) is 30.9. The number of hydrogen-bond donors (Lipinski definition) is 1. The molecule has 0 saturated carbocycles. The van der Waals surface area contributed by atoms with Crippen molar-refractivity contribution in [1.82, 2.24) is 10.2 Å². The molecule has 0 unspecified atom stereocenters. The largest absolute Gasteiger partial charge is 0.497 e. The van der Waals surface area contributed by atoms with Gasteiger partial charge >= 0.3 is 0 Å². The molecule has 43 heavy (non-hydrogen) atoms. The first-order valence-corrected chi connectivity index (χ1v) is 15.3. The van der Waals surface area contributed by atoms with Crippen molar-refractivity contribution in [3.05, 3.63) is 89.5 Å². The number of anilines is 1. The third kappa shape index (κ3) is 8.28. The van der Waals surface area contributed by atoms with Gasteiger partial charge in [0.25, 0.3) is 0 Å². The molecule has 5 rings (SSSR count). The first-order chi connectivity index (χ1) is 21.0. The summed E-state index contributed by atoms with van der Waals surface area (Å²) in [5.74, 6) is 2.04. The molecule has 0 aromatic heterocycles. The zero-order chi connectivity index (χ0) is 30.0. The van der Waals surface area contributed by atoms with Crippen molar-refractivity contribution in [3.63, 3.8) is 0 Å². The zero-order valence-corrected chi connectivity index (χ0v) is 25.7. The predicted octanol–water partition coefficient (Wildman–Crippen LogP) is 5.01. The fourth-order valence-corrected chi connectivity index (χ4v) is 6.05. The van der Waals surface area contributed by atoms with Gasteiger partial charge in [-0.2, -0.15) is 0 Å². The minimum absolute atomic E-state index is 0.0353. The highest BCUT2D eigenvalue weighted by Gasteiger charge is 2.33. The van der Waals surface area contributed by atoms with Crippen LogP contribution in [-0.2, 0) is 27.4 Å². The molecule has 8 heteroatoms. The maximum Gasteiger partial charge on any atom is 0.224 e. The number of piperidine rings is 1. The molecular formula is C35H45N3O5. The van der Waals surface area contributed by atoms with Crippen LogP contribution in [0.5, 0.6) is 11.5 Å². The van der Waals surface area contributed by atoms with Crippen LogP contribution in [0.3, 0.4) is 0 Å². The van der Waals surface area contributed by atoms with E-state index in [0.29, 0.717) is 32.7 Å². The Morgan fingerprint density at radius 1 is 1.05 bits per heavy atom. The molecule has 3 aromatic rings. The average molecular weight is 588 g/mol. The van der Waals surface area contributed by atoms with Crippen LogP contribution in [0.1, 0.15) is 41.9 Å². The fourth-order valence-electron chi connectivity index (χ4n) is 6.05. The molecule has 0 radical (unpaired) electrons. The van der Waals surface area contributed by atoms with Gasteiger partial charge in [0, 0.05) is 58.8 Å². The summed E-state index contributed by atoms with van der Waals surface area (Å²) in [6.07, 6.45) is 2.20. The first-order valence-electron chi connectivity index (χ1n) is 15.3. The molecule has 2 aliphatic rings. The van der Waals surface area contributed by atoms with Crippen LogP contribution in [0.4, 0.5) is 5.69 Å². The number of amides is 1. The van der Waals surface area contributed by atoms with Gasteiger partial charge < -0.3 is 34.1 Å². The van der Waals surface area contributed by atoms with Crippen LogP contribution in [0.15, 0.2) is 72.8 Å². The van der Waals surface area contributed by atoms with E-state index in [2.05, 4.69) is 52.7 Å². The minimum Gasteiger partial charge on any atom is -0.497 e. The zero-order valence-electron chi connectivity index (χ0n) is 25.7. The smallest absolute Gasteiger partial charge is 0.224 e. The number of methoxy groups -OCH3 is 2. The van der Waals surface area contributed by atoms with E-state index in [1.54, 1.807) is 14.2 Å². The van der Waals surface area contributed by atoms with Gasteiger partial charge in [0.05, 0.1) is 32.1 Å². The monoisotopic (exact) mass is 587 g/mol. The molecule has 230 valence electrons. The van der Waals surface area contributed by atoms with Gasteiger partial charge in [-0.15, -0.1) is 0 Å². The van der Waals surface area contributed by atoms with Crippen LogP contribution < -0.4 is 19.7 Å². The van der Waals surface area contributed by atoms with Gasteiger partial charge in [-0.1, -0.05) is 48.5 Å². The standard InChI is InChI=1S/C35H45N3O5/c1-37(24-26-8-5-4-6-9-26)35(39)22-29-21-31(28-11-13-30(41-3)14-12-28)34(23-36-29)43-25-27-10-15-33-32(20-27)38(17-19-42-33)16-7-18-40-2/h4-6,8-15,20,29,31,34,36H,7,16-19,21-25H2,1-3H3/t29-,31+,34-/m0/s1. The van der Waals surface area contributed by atoms with Crippen LogP contribution >= 0.6 is 0 Å². The molecule has 0 bridgehead atoms. The SMILES string of the molecule is COCCCN1CCOc2ccc(CO[C@H]3CN[C@H](CC(=O)N(C)Cc4ccccc4)C[C@@H]3c3ccc(OC)cc3)cc21. The number of ether oxygens (including phenoxy) is 4. The predicted molar refractivity (Wildman–Crippen MR) is 169 cm³/mol. The van der Waals surface area contributed by atoms with Crippen LogP contribution in [-0.4, -0.2) is 77.1 Å². The maximum absolute atomic E-state index is 13.2. The van der Waals surface area contributed by atoms with Crippen molar-refractivity contribution in [3.8, 4) is 11.5 Å². The Labute approximate surface area is 255 Å². The molecule has 3 atom stereocenters. The Balaban J connectivity index is 1.25. The van der Waals surface area contributed by atoms with E-state index in [9.17, 15) is 4.79 Å². The number of nitrogens with one attached hydrogen (secondary N) is 1. The molecule has 3 aromatic carbocycles. The van der Waals surface area contributed by atoms with Crippen molar-refractivity contribution >= 4 is 11.6 Å². The third-order valence-corrected chi connectivity index (χ3v) is 8.47. The number of carbonyl (C=O) groups excluding carboxylic acids is 1. The molecule has 1 fully saturated rings. The fraction of sp³-hybridized carbons (Fsp3) is 0.457. The van der Waals surface area contributed by atoms with E-state index in [0.717, 1.165) is 60.9 Å². The highest BCUT2D eigenvalue weighted by molar-refractivity contribution is 5.76. The Kier molecular flexibility index (Phi) is 10.9. The van der Waals surface area contributed by atoms with E-state index in [-0.39, 0.29) is 24.0 Å².